The molecule has 0 aromatic heterocycles. The van der Waals surface area contributed by atoms with Gasteiger partial charge in [0.2, 0.25) is 0 Å². The van der Waals surface area contributed by atoms with Gasteiger partial charge in [-0.15, -0.1) is 0 Å². The summed E-state index contributed by atoms with van der Waals surface area (Å²) in [6.07, 6.45) is 0. The number of hydrogen-bond donors (Lipinski definition) is 0. The van der Waals surface area contributed by atoms with Crippen LogP contribution in [0, 0.1) is 0 Å². The molecule has 4 heteroatoms. The van der Waals surface area contributed by atoms with E-state index in [9.17, 15) is 0 Å². The van der Waals surface area contributed by atoms with Crippen molar-refractivity contribution < 1.29 is 0 Å². The van der Waals surface area contributed by atoms with Gasteiger partial charge in [-0.05, 0) is 70.8 Å². The van der Waals surface area contributed by atoms with Crippen LogP contribution in [0.1, 0.15) is 49.9 Å². The van der Waals surface area contributed by atoms with Crippen LogP contribution in [0.15, 0.2) is 61.9 Å². The van der Waals surface area contributed by atoms with Gasteiger partial charge in [0.1, 0.15) is 0 Å². The molecule has 0 bridgehead atoms. The Morgan fingerprint density at radius 1 is 0.571 bits per heavy atom. The second-order valence-electron chi connectivity index (χ2n) is 8.76. The second kappa shape index (κ2) is 5.96. The van der Waals surface area contributed by atoms with Gasteiger partial charge >= 0.3 is 0 Å². The molecule has 3 aromatic rings. The lowest BCUT2D eigenvalue weighted by Gasteiger charge is -2.49. The van der Waals surface area contributed by atoms with Crippen molar-refractivity contribution >= 4 is 64.9 Å². The van der Waals surface area contributed by atoms with E-state index in [-0.39, 0.29) is 10.8 Å². The van der Waals surface area contributed by atoms with Crippen molar-refractivity contribution in [2.75, 3.05) is 4.90 Å². The van der Waals surface area contributed by atoms with Crippen LogP contribution in [-0.4, -0.2) is 0 Å². The van der Waals surface area contributed by atoms with E-state index in [0.717, 1.165) is 13.4 Å². The van der Waals surface area contributed by atoms with Crippen LogP contribution in [-0.2, 0) is 10.8 Å². The highest BCUT2D eigenvalue weighted by atomic mass is 79.9. The SMILES string of the molecule is CC1(C)c2cc(Br)ccc2N2c3ccc(Br)cc3C(C)(C)c3cc(Br)cc1c32. The fraction of sp³-hybridized carbons (Fsp3) is 0.250. The average Bonchev–Trinajstić information content (AvgIpc) is 2.62. The smallest absolute Gasteiger partial charge is 0.0544 e. The lowest BCUT2D eigenvalue weighted by Crippen LogP contribution is -2.38. The van der Waals surface area contributed by atoms with Gasteiger partial charge in [-0.3, -0.25) is 0 Å². The Bertz CT molecular complexity index is 1070. The summed E-state index contributed by atoms with van der Waals surface area (Å²) in [6.45, 7) is 9.34. The Morgan fingerprint density at radius 3 is 1.39 bits per heavy atom. The standard InChI is InChI=1S/C24H20Br3N/c1-23(2)16-9-13(25)5-7-20(16)28-21-8-6-14(26)10-17(21)24(3,4)19-12-15(27)11-18(23)22(19)28/h5-12H,1-4H3. The molecule has 0 aliphatic carbocycles. The zero-order valence-corrected chi connectivity index (χ0v) is 21.0. The van der Waals surface area contributed by atoms with Crippen molar-refractivity contribution in [2.45, 2.75) is 38.5 Å². The second-order valence-corrected chi connectivity index (χ2v) is 11.5. The fourth-order valence-corrected chi connectivity index (χ4v) is 6.04. The predicted octanol–water partition coefficient (Wildman–Crippen LogP) is 8.72. The number of halogens is 3. The van der Waals surface area contributed by atoms with Crippen LogP contribution >= 0.6 is 47.8 Å². The fourth-order valence-electron chi connectivity index (χ4n) is 4.86. The average molecular weight is 562 g/mol. The van der Waals surface area contributed by atoms with Crippen molar-refractivity contribution in [1.82, 2.24) is 0 Å². The summed E-state index contributed by atoms with van der Waals surface area (Å²) < 4.78 is 3.37. The molecule has 5 rings (SSSR count). The quantitative estimate of drug-likeness (QED) is 0.265. The van der Waals surface area contributed by atoms with Crippen LogP contribution in [0.5, 0.6) is 0 Å². The van der Waals surface area contributed by atoms with Crippen molar-refractivity contribution in [3.63, 3.8) is 0 Å². The first-order valence-electron chi connectivity index (χ1n) is 9.37. The summed E-state index contributed by atoms with van der Waals surface area (Å²) in [7, 11) is 0. The van der Waals surface area contributed by atoms with Crippen LogP contribution in [0.2, 0.25) is 0 Å². The Morgan fingerprint density at radius 2 is 0.964 bits per heavy atom. The zero-order valence-electron chi connectivity index (χ0n) is 16.2. The van der Waals surface area contributed by atoms with Gasteiger partial charge in [-0.25, -0.2) is 0 Å². The van der Waals surface area contributed by atoms with Gasteiger partial charge in [-0.1, -0.05) is 75.5 Å². The predicted molar refractivity (Wildman–Crippen MR) is 128 cm³/mol. The molecule has 1 nitrogen and oxygen atoms in total. The zero-order chi connectivity index (χ0) is 20.0. The normalized spacial score (nSPS) is 17.6. The third-order valence-corrected chi connectivity index (χ3v) is 7.84. The van der Waals surface area contributed by atoms with E-state index in [2.05, 4.69) is 129 Å². The molecule has 0 unspecified atom stereocenters. The first-order valence-corrected chi connectivity index (χ1v) is 11.7. The van der Waals surface area contributed by atoms with Crippen LogP contribution < -0.4 is 4.90 Å². The molecule has 2 aliphatic rings. The van der Waals surface area contributed by atoms with Gasteiger partial charge in [0.05, 0.1) is 17.1 Å². The van der Waals surface area contributed by atoms with Crippen molar-refractivity contribution in [1.29, 1.82) is 0 Å². The maximum absolute atomic E-state index is 3.80. The van der Waals surface area contributed by atoms with Crippen molar-refractivity contribution in [2.24, 2.45) is 0 Å². The minimum absolute atomic E-state index is 0.0908. The molecule has 2 heterocycles. The molecule has 142 valence electrons. The molecule has 0 spiro atoms. The van der Waals surface area contributed by atoms with E-state index in [1.165, 1.54) is 39.3 Å². The van der Waals surface area contributed by atoms with Crippen molar-refractivity contribution in [3.05, 3.63) is 84.2 Å². The highest BCUT2D eigenvalue weighted by Gasteiger charge is 2.45. The molecular formula is C24H20Br3N. The first-order chi connectivity index (χ1) is 13.1. The molecule has 0 N–H and O–H groups in total. The molecule has 0 amide bonds. The monoisotopic (exact) mass is 559 g/mol. The summed E-state index contributed by atoms with van der Waals surface area (Å²) in [5.41, 5.74) is 9.10. The van der Waals surface area contributed by atoms with E-state index in [4.69, 9.17) is 0 Å². The van der Waals surface area contributed by atoms with Crippen LogP contribution in [0.25, 0.3) is 0 Å². The summed E-state index contributed by atoms with van der Waals surface area (Å²) in [4.78, 5) is 2.47. The van der Waals surface area contributed by atoms with Crippen LogP contribution in [0.4, 0.5) is 17.1 Å². The highest BCUT2D eigenvalue weighted by molar-refractivity contribution is 9.11. The molecule has 0 atom stereocenters. The minimum Gasteiger partial charge on any atom is -0.309 e. The van der Waals surface area contributed by atoms with E-state index in [1.807, 2.05) is 0 Å². The van der Waals surface area contributed by atoms with Gasteiger partial charge in [0.25, 0.3) is 0 Å². The van der Waals surface area contributed by atoms with Gasteiger partial charge < -0.3 is 4.90 Å². The molecule has 0 saturated carbocycles. The maximum Gasteiger partial charge on any atom is 0.0544 e. The number of rotatable bonds is 0. The highest BCUT2D eigenvalue weighted by Crippen LogP contribution is 2.60. The lowest BCUT2D eigenvalue weighted by atomic mass is 9.66. The Kier molecular flexibility index (Phi) is 4.02. The number of hydrogen-bond acceptors (Lipinski definition) is 1. The van der Waals surface area contributed by atoms with Crippen LogP contribution in [0.3, 0.4) is 0 Å². The largest absolute Gasteiger partial charge is 0.309 e. The van der Waals surface area contributed by atoms with E-state index in [1.54, 1.807) is 0 Å². The minimum atomic E-state index is -0.0908. The summed E-state index contributed by atoms with van der Waals surface area (Å²) in [6, 6.07) is 18.0. The maximum atomic E-state index is 3.80. The van der Waals surface area contributed by atoms with Crippen molar-refractivity contribution in [3.8, 4) is 0 Å². The molecule has 28 heavy (non-hydrogen) atoms. The summed E-state index contributed by atoms with van der Waals surface area (Å²) in [5, 5.41) is 0. The molecule has 0 radical (unpaired) electrons. The summed E-state index contributed by atoms with van der Waals surface area (Å²) >= 11 is 11.2. The van der Waals surface area contributed by atoms with E-state index in [0.29, 0.717) is 0 Å². The molecule has 0 fully saturated rings. The number of fused-ring (bicyclic) bond motifs is 4. The lowest BCUT2D eigenvalue weighted by molar-refractivity contribution is 0.596. The topological polar surface area (TPSA) is 3.24 Å². The summed E-state index contributed by atoms with van der Waals surface area (Å²) in [5.74, 6) is 0. The number of benzene rings is 3. The molecule has 2 aliphatic heterocycles. The Hall–Kier alpha value is -1.10. The van der Waals surface area contributed by atoms with Gasteiger partial charge in [0, 0.05) is 24.2 Å². The number of anilines is 3. The molecule has 0 saturated heterocycles. The third-order valence-electron chi connectivity index (χ3n) is 6.39. The Balaban J connectivity index is 1.97. The third kappa shape index (κ3) is 2.41. The van der Waals surface area contributed by atoms with Gasteiger partial charge in [0.15, 0.2) is 0 Å². The Labute approximate surface area is 191 Å². The van der Waals surface area contributed by atoms with Gasteiger partial charge in [-0.2, -0.15) is 0 Å². The molecular weight excluding hydrogens is 542 g/mol. The van der Waals surface area contributed by atoms with E-state index < -0.39 is 0 Å². The molecule has 3 aromatic carbocycles. The first kappa shape index (κ1) is 18.9. The van der Waals surface area contributed by atoms with E-state index >= 15 is 0 Å². The number of nitrogens with zero attached hydrogens (tertiary/aromatic N) is 1.